The molecule has 0 amide bonds. The second-order valence-corrected chi connectivity index (χ2v) is 6.16. The summed E-state index contributed by atoms with van der Waals surface area (Å²) in [5.41, 5.74) is 7.04. The first-order chi connectivity index (χ1) is 9.65. The molecule has 1 saturated heterocycles. The number of nitrogens with two attached hydrogens (primary N) is 1. The smallest absolute Gasteiger partial charge is 0.137 e. The molecule has 1 unspecified atom stereocenters. The van der Waals surface area contributed by atoms with Crippen LogP contribution in [0.5, 0.6) is 0 Å². The SMILES string of the molecule is CCCN1CCN(C(CN)c2ccc(F)c(Br)c2)CC1. The van der Waals surface area contributed by atoms with Crippen molar-refractivity contribution in [2.24, 2.45) is 5.73 Å². The van der Waals surface area contributed by atoms with Gasteiger partial charge in [0.2, 0.25) is 0 Å². The van der Waals surface area contributed by atoms with Crippen molar-refractivity contribution in [3.8, 4) is 0 Å². The molecule has 0 aliphatic carbocycles. The highest BCUT2D eigenvalue weighted by molar-refractivity contribution is 9.10. The molecule has 20 heavy (non-hydrogen) atoms. The maximum absolute atomic E-state index is 13.3. The van der Waals surface area contributed by atoms with Crippen LogP contribution < -0.4 is 5.73 Å². The van der Waals surface area contributed by atoms with E-state index < -0.39 is 0 Å². The highest BCUT2D eigenvalue weighted by atomic mass is 79.9. The summed E-state index contributed by atoms with van der Waals surface area (Å²) in [6, 6.07) is 5.38. The van der Waals surface area contributed by atoms with E-state index >= 15 is 0 Å². The zero-order chi connectivity index (χ0) is 14.5. The predicted octanol–water partition coefficient (Wildman–Crippen LogP) is 2.62. The van der Waals surface area contributed by atoms with Gasteiger partial charge in [0.05, 0.1) is 4.47 Å². The molecule has 2 rings (SSSR count). The zero-order valence-corrected chi connectivity index (χ0v) is 13.6. The molecule has 0 bridgehead atoms. The summed E-state index contributed by atoms with van der Waals surface area (Å²) in [5.74, 6) is -0.225. The Balaban J connectivity index is 2.03. The van der Waals surface area contributed by atoms with E-state index in [-0.39, 0.29) is 11.9 Å². The minimum atomic E-state index is -0.225. The maximum Gasteiger partial charge on any atom is 0.137 e. The van der Waals surface area contributed by atoms with Crippen LogP contribution in [0.2, 0.25) is 0 Å². The summed E-state index contributed by atoms with van der Waals surface area (Å²) in [5, 5.41) is 0. The van der Waals surface area contributed by atoms with Crippen LogP contribution in [0.15, 0.2) is 22.7 Å². The molecule has 1 aliphatic heterocycles. The second kappa shape index (κ2) is 7.50. The van der Waals surface area contributed by atoms with E-state index in [2.05, 4.69) is 32.7 Å². The topological polar surface area (TPSA) is 32.5 Å². The highest BCUT2D eigenvalue weighted by Gasteiger charge is 2.24. The fraction of sp³-hybridized carbons (Fsp3) is 0.600. The quantitative estimate of drug-likeness (QED) is 0.891. The molecule has 5 heteroatoms. The summed E-state index contributed by atoms with van der Waals surface area (Å²) < 4.78 is 13.9. The predicted molar refractivity (Wildman–Crippen MR) is 84.2 cm³/mol. The number of benzene rings is 1. The molecule has 0 saturated carbocycles. The molecule has 0 aromatic heterocycles. The van der Waals surface area contributed by atoms with Crippen LogP contribution in [0.3, 0.4) is 0 Å². The maximum atomic E-state index is 13.3. The van der Waals surface area contributed by atoms with E-state index in [1.807, 2.05) is 12.1 Å². The first kappa shape index (κ1) is 15.9. The monoisotopic (exact) mass is 343 g/mol. The van der Waals surface area contributed by atoms with Crippen LogP contribution in [0.4, 0.5) is 4.39 Å². The number of rotatable bonds is 5. The molecule has 1 heterocycles. The molecule has 1 fully saturated rings. The Hall–Kier alpha value is -0.490. The molecule has 0 spiro atoms. The third-order valence-electron chi connectivity index (χ3n) is 3.94. The van der Waals surface area contributed by atoms with Gasteiger partial charge in [0.15, 0.2) is 0 Å². The van der Waals surface area contributed by atoms with Crippen LogP contribution in [-0.4, -0.2) is 49.1 Å². The lowest BCUT2D eigenvalue weighted by Crippen LogP contribution is -2.49. The highest BCUT2D eigenvalue weighted by Crippen LogP contribution is 2.25. The minimum Gasteiger partial charge on any atom is -0.329 e. The summed E-state index contributed by atoms with van der Waals surface area (Å²) in [4.78, 5) is 4.90. The molecule has 112 valence electrons. The molecular weight excluding hydrogens is 321 g/mol. The summed E-state index contributed by atoms with van der Waals surface area (Å²) in [6.45, 7) is 8.17. The fourth-order valence-corrected chi connectivity index (χ4v) is 3.23. The largest absolute Gasteiger partial charge is 0.329 e. The third kappa shape index (κ3) is 3.79. The Morgan fingerprint density at radius 1 is 1.30 bits per heavy atom. The average molecular weight is 344 g/mol. The molecule has 0 radical (unpaired) electrons. The molecule has 3 nitrogen and oxygen atoms in total. The first-order valence-electron chi connectivity index (χ1n) is 7.27. The number of nitrogens with zero attached hydrogens (tertiary/aromatic N) is 2. The first-order valence-corrected chi connectivity index (χ1v) is 8.06. The Bertz CT molecular complexity index is 433. The van der Waals surface area contributed by atoms with Gasteiger partial charge in [-0.1, -0.05) is 13.0 Å². The summed E-state index contributed by atoms with van der Waals surface area (Å²) in [6.07, 6.45) is 1.20. The van der Waals surface area contributed by atoms with Gasteiger partial charge in [0, 0.05) is 38.8 Å². The Kier molecular flexibility index (Phi) is 5.96. The molecule has 2 N–H and O–H groups in total. The van der Waals surface area contributed by atoms with E-state index in [1.54, 1.807) is 0 Å². The lowest BCUT2D eigenvalue weighted by molar-refractivity contribution is 0.0985. The Labute approximate surface area is 129 Å². The number of piperazine rings is 1. The third-order valence-corrected chi connectivity index (χ3v) is 4.55. The Morgan fingerprint density at radius 3 is 2.55 bits per heavy atom. The standard InChI is InChI=1S/C15H23BrFN3/c1-2-5-19-6-8-20(9-7-19)15(11-18)12-3-4-14(17)13(16)10-12/h3-4,10,15H,2,5-9,11,18H2,1H3. The van der Waals surface area contributed by atoms with E-state index in [9.17, 15) is 4.39 Å². The number of hydrogen-bond acceptors (Lipinski definition) is 3. The molecular formula is C15H23BrFN3. The molecule has 1 aliphatic rings. The van der Waals surface area contributed by atoms with Gasteiger partial charge in [-0.25, -0.2) is 4.39 Å². The van der Waals surface area contributed by atoms with Crippen molar-refractivity contribution < 1.29 is 4.39 Å². The summed E-state index contributed by atoms with van der Waals surface area (Å²) >= 11 is 3.26. The van der Waals surface area contributed by atoms with Gasteiger partial charge in [-0.2, -0.15) is 0 Å². The lowest BCUT2D eigenvalue weighted by Gasteiger charge is -2.39. The number of halogens is 2. The lowest BCUT2D eigenvalue weighted by atomic mass is 10.0. The van der Waals surface area contributed by atoms with Crippen LogP contribution in [-0.2, 0) is 0 Å². The van der Waals surface area contributed by atoms with E-state index in [0.29, 0.717) is 11.0 Å². The van der Waals surface area contributed by atoms with Gasteiger partial charge in [-0.3, -0.25) is 4.90 Å². The van der Waals surface area contributed by atoms with Crippen molar-refractivity contribution in [3.05, 3.63) is 34.1 Å². The van der Waals surface area contributed by atoms with Crippen molar-refractivity contribution in [2.75, 3.05) is 39.3 Å². The van der Waals surface area contributed by atoms with Crippen LogP contribution in [0.1, 0.15) is 24.9 Å². The van der Waals surface area contributed by atoms with Crippen molar-refractivity contribution in [3.63, 3.8) is 0 Å². The van der Waals surface area contributed by atoms with Crippen molar-refractivity contribution in [1.82, 2.24) is 9.80 Å². The van der Waals surface area contributed by atoms with Crippen molar-refractivity contribution >= 4 is 15.9 Å². The van der Waals surface area contributed by atoms with Gasteiger partial charge in [0.1, 0.15) is 5.82 Å². The van der Waals surface area contributed by atoms with Crippen molar-refractivity contribution in [2.45, 2.75) is 19.4 Å². The van der Waals surface area contributed by atoms with Gasteiger partial charge in [0.25, 0.3) is 0 Å². The van der Waals surface area contributed by atoms with Gasteiger partial charge >= 0.3 is 0 Å². The van der Waals surface area contributed by atoms with Crippen LogP contribution >= 0.6 is 15.9 Å². The normalized spacial score (nSPS) is 19.2. The fourth-order valence-electron chi connectivity index (χ4n) is 2.83. The summed E-state index contributed by atoms with van der Waals surface area (Å²) in [7, 11) is 0. The molecule has 1 aromatic carbocycles. The average Bonchev–Trinajstić information content (AvgIpc) is 2.46. The van der Waals surface area contributed by atoms with Crippen molar-refractivity contribution in [1.29, 1.82) is 0 Å². The Morgan fingerprint density at radius 2 is 2.00 bits per heavy atom. The van der Waals surface area contributed by atoms with Crippen LogP contribution in [0, 0.1) is 5.82 Å². The van der Waals surface area contributed by atoms with Gasteiger partial charge in [-0.05, 0) is 46.6 Å². The molecule has 1 aromatic rings. The minimum absolute atomic E-state index is 0.177. The van der Waals surface area contributed by atoms with E-state index in [4.69, 9.17) is 5.73 Å². The second-order valence-electron chi connectivity index (χ2n) is 5.30. The van der Waals surface area contributed by atoms with Gasteiger partial charge in [-0.15, -0.1) is 0 Å². The molecule has 1 atom stereocenters. The van der Waals surface area contributed by atoms with Gasteiger partial charge < -0.3 is 10.6 Å². The van der Waals surface area contributed by atoms with Crippen LogP contribution in [0.25, 0.3) is 0 Å². The van der Waals surface area contributed by atoms with E-state index in [0.717, 1.165) is 31.7 Å². The zero-order valence-electron chi connectivity index (χ0n) is 12.0. The van der Waals surface area contributed by atoms with E-state index in [1.165, 1.54) is 19.0 Å². The number of hydrogen-bond donors (Lipinski definition) is 1.